The van der Waals surface area contributed by atoms with Gasteiger partial charge in [-0.05, 0) is 11.8 Å². The predicted molar refractivity (Wildman–Crippen MR) is 90.1 cm³/mol. The van der Waals surface area contributed by atoms with Crippen molar-refractivity contribution >= 4 is 5.91 Å². The molecular weight excluding hydrogens is 328 g/mol. The van der Waals surface area contributed by atoms with Gasteiger partial charge in [0.1, 0.15) is 5.82 Å². The van der Waals surface area contributed by atoms with Crippen LogP contribution < -0.4 is 5.32 Å². The van der Waals surface area contributed by atoms with Crippen molar-refractivity contribution in [2.75, 3.05) is 39.3 Å². The monoisotopic (exact) mass is 355 g/mol. The summed E-state index contributed by atoms with van der Waals surface area (Å²) in [5, 5.41) is 3.02. The van der Waals surface area contributed by atoms with Crippen LogP contribution in [0.3, 0.4) is 0 Å². The molecule has 140 valence electrons. The molecule has 8 heteroatoms. The minimum Gasteiger partial charge on any atom is -0.355 e. The van der Waals surface area contributed by atoms with Gasteiger partial charge >= 0.3 is 6.55 Å². The Hall–Kier alpha value is -1.54. The van der Waals surface area contributed by atoms with Crippen molar-refractivity contribution in [3.05, 3.63) is 18.2 Å². The normalized spacial score (nSPS) is 23.8. The van der Waals surface area contributed by atoms with Gasteiger partial charge in [-0.2, -0.15) is 8.78 Å². The fourth-order valence-corrected chi connectivity index (χ4v) is 3.39. The summed E-state index contributed by atoms with van der Waals surface area (Å²) in [6.07, 6.45) is 3.72. The Kier molecular flexibility index (Phi) is 5.38. The highest BCUT2D eigenvalue weighted by atomic mass is 19.3. The number of alkyl halides is 2. The van der Waals surface area contributed by atoms with Gasteiger partial charge in [-0.15, -0.1) is 0 Å². The lowest BCUT2D eigenvalue weighted by molar-refractivity contribution is -0.123. The number of carbonyl (C=O) groups is 1. The Labute approximate surface area is 147 Å². The molecule has 1 aromatic heterocycles. The third-order valence-electron chi connectivity index (χ3n) is 5.35. The number of rotatable bonds is 7. The molecule has 1 aliphatic carbocycles. The first-order chi connectivity index (χ1) is 11.9. The van der Waals surface area contributed by atoms with Gasteiger partial charge in [0.15, 0.2) is 0 Å². The fraction of sp³-hybridized carbons (Fsp3) is 0.765. The van der Waals surface area contributed by atoms with Crippen LogP contribution in [0.1, 0.15) is 32.6 Å². The highest BCUT2D eigenvalue weighted by Crippen LogP contribution is 2.51. The first kappa shape index (κ1) is 18.3. The van der Waals surface area contributed by atoms with E-state index < -0.39 is 6.55 Å². The smallest absolute Gasteiger partial charge is 0.319 e. The van der Waals surface area contributed by atoms with E-state index in [1.54, 1.807) is 0 Å². The largest absolute Gasteiger partial charge is 0.355 e. The van der Waals surface area contributed by atoms with Crippen molar-refractivity contribution in [2.45, 2.75) is 33.4 Å². The van der Waals surface area contributed by atoms with Gasteiger partial charge in [0.25, 0.3) is 0 Å². The summed E-state index contributed by atoms with van der Waals surface area (Å²) in [6.45, 7) is 7.03. The molecule has 0 aromatic carbocycles. The van der Waals surface area contributed by atoms with E-state index in [2.05, 4.69) is 33.9 Å². The van der Waals surface area contributed by atoms with Crippen LogP contribution in [0.2, 0.25) is 0 Å². The van der Waals surface area contributed by atoms with E-state index in [1.807, 2.05) is 0 Å². The van der Waals surface area contributed by atoms with Crippen LogP contribution in [-0.2, 0) is 11.3 Å². The van der Waals surface area contributed by atoms with Crippen molar-refractivity contribution in [1.82, 2.24) is 24.7 Å². The Balaban J connectivity index is 1.35. The van der Waals surface area contributed by atoms with E-state index in [4.69, 9.17) is 0 Å². The van der Waals surface area contributed by atoms with Gasteiger partial charge in [-0.3, -0.25) is 19.2 Å². The first-order valence-electron chi connectivity index (χ1n) is 8.89. The zero-order valence-corrected chi connectivity index (χ0v) is 14.9. The summed E-state index contributed by atoms with van der Waals surface area (Å²) in [5.41, 5.74) is 0.166. The molecule has 1 aromatic rings. The summed E-state index contributed by atoms with van der Waals surface area (Å²) in [6, 6.07) is 0. The molecule has 0 bridgehead atoms. The lowest BCUT2D eigenvalue weighted by Gasteiger charge is -2.34. The summed E-state index contributed by atoms with van der Waals surface area (Å²) < 4.78 is 26.6. The summed E-state index contributed by atoms with van der Waals surface area (Å²) in [7, 11) is 0. The van der Waals surface area contributed by atoms with Crippen LogP contribution in [0.15, 0.2) is 12.4 Å². The van der Waals surface area contributed by atoms with Crippen LogP contribution in [-0.4, -0.2) is 64.5 Å². The fourth-order valence-electron chi connectivity index (χ4n) is 3.39. The van der Waals surface area contributed by atoms with Gasteiger partial charge in [0.05, 0.1) is 6.54 Å². The van der Waals surface area contributed by atoms with Crippen molar-refractivity contribution < 1.29 is 13.6 Å². The number of amides is 1. The van der Waals surface area contributed by atoms with Crippen LogP contribution in [0.4, 0.5) is 8.78 Å². The van der Waals surface area contributed by atoms with Gasteiger partial charge in [0.2, 0.25) is 5.91 Å². The van der Waals surface area contributed by atoms with Crippen molar-refractivity contribution in [3.8, 4) is 0 Å². The summed E-state index contributed by atoms with van der Waals surface area (Å²) in [5.74, 6) is 0.744. The Morgan fingerprint density at radius 3 is 2.56 bits per heavy atom. The van der Waals surface area contributed by atoms with E-state index in [1.165, 1.54) is 12.4 Å². The molecule has 1 amide bonds. The molecule has 25 heavy (non-hydrogen) atoms. The minimum absolute atomic E-state index is 0.166. The van der Waals surface area contributed by atoms with Crippen LogP contribution in [0.5, 0.6) is 0 Å². The molecule has 1 atom stereocenters. The molecule has 2 fully saturated rings. The van der Waals surface area contributed by atoms with Crippen LogP contribution >= 0.6 is 0 Å². The SMILES string of the molecule is CC1(C)CC1C(=O)NCCN1CCN(Cc2nccn2C(F)F)CC1. The Morgan fingerprint density at radius 2 is 1.96 bits per heavy atom. The lowest BCUT2D eigenvalue weighted by atomic mass is 10.1. The number of nitrogens with one attached hydrogen (secondary N) is 1. The lowest BCUT2D eigenvalue weighted by Crippen LogP contribution is -2.48. The number of hydrogen-bond donors (Lipinski definition) is 1. The minimum atomic E-state index is -2.54. The number of imidazole rings is 1. The molecule has 1 aliphatic heterocycles. The Bertz CT molecular complexity index is 596. The molecule has 1 saturated carbocycles. The van der Waals surface area contributed by atoms with Crippen molar-refractivity contribution in [2.24, 2.45) is 11.3 Å². The van der Waals surface area contributed by atoms with E-state index in [0.717, 1.165) is 43.7 Å². The molecule has 1 saturated heterocycles. The van der Waals surface area contributed by atoms with E-state index >= 15 is 0 Å². The highest BCUT2D eigenvalue weighted by Gasteiger charge is 2.50. The topological polar surface area (TPSA) is 53.4 Å². The third kappa shape index (κ3) is 4.55. The average Bonchev–Trinajstić information content (AvgIpc) is 2.98. The van der Waals surface area contributed by atoms with Crippen LogP contribution in [0.25, 0.3) is 0 Å². The van der Waals surface area contributed by atoms with Crippen molar-refractivity contribution in [3.63, 3.8) is 0 Å². The molecule has 2 heterocycles. The molecule has 0 radical (unpaired) electrons. The first-order valence-corrected chi connectivity index (χ1v) is 8.89. The molecule has 1 unspecified atom stereocenters. The average molecular weight is 355 g/mol. The van der Waals surface area contributed by atoms with Gasteiger partial charge in [-0.1, -0.05) is 13.8 Å². The second kappa shape index (κ2) is 7.37. The predicted octanol–water partition coefficient (Wildman–Crippen LogP) is 1.56. The zero-order valence-electron chi connectivity index (χ0n) is 14.9. The standard InChI is InChI=1S/C17H27F2N5O/c1-17(2)11-13(17)15(25)21-3-5-22-7-9-23(10-8-22)12-14-20-4-6-24(14)16(18)19/h4,6,13,16H,3,5,7-12H2,1-2H3,(H,21,25). The maximum atomic E-state index is 12.9. The van der Waals surface area contributed by atoms with Crippen LogP contribution in [0, 0.1) is 11.3 Å². The second-order valence-corrected chi connectivity index (χ2v) is 7.68. The second-order valence-electron chi connectivity index (χ2n) is 7.68. The number of piperazine rings is 1. The van der Waals surface area contributed by atoms with Gasteiger partial charge < -0.3 is 5.32 Å². The van der Waals surface area contributed by atoms with E-state index in [9.17, 15) is 13.6 Å². The van der Waals surface area contributed by atoms with E-state index in [0.29, 0.717) is 18.9 Å². The molecule has 3 rings (SSSR count). The summed E-state index contributed by atoms with van der Waals surface area (Å²) in [4.78, 5) is 20.4. The number of nitrogens with zero attached hydrogens (tertiary/aromatic N) is 4. The zero-order chi connectivity index (χ0) is 18.0. The van der Waals surface area contributed by atoms with E-state index in [-0.39, 0.29) is 17.2 Å². The maximum Gasteiger partial charge on any atom is 0.319 e. The summed E-state index contributed by atoms with van der Waals surface area (Å²) >= 11 is 0. The highest BCUT2D eigenvalue weighted by molar-refractivity contribution is 5.82. The molecule has 0 spiro atoms. The van der Waals surface area contributed by atoms with Gasteiger partial charge in [0, 0.05) is 57.6 Å². The number of aromatic nitrogens is 2. The third-order valence-corrected chi connectivity index (χ3v) is 5.35. The quantitative estimate of drug-likeness (QED) is 0.807. The molecular formula is C17H27F2N5O. The number of halogens is 2. The molecule has 6 nitrogen and oxygen atoms in total. The maximum absolute atomic E-state index is 12.9. The Morgan fingerprint density at radius 1 is 1.32 bits per heavy atom. The molecule has 2 aliphatic rings. The molecule has 1 N–H and O–H groups in total. The van der Waals surface area contributed by atoms with Gasteiger partial charge in [-0.25, -0.2) is 4.98 Å². The number of carbonyl (C=O) groups excluding carboxylic acids is 1. The van der Waals surface area contributed by atoms with Crippen molar-refractivity contribution in [1.29, 1.82) is 0 Å². The number of hydrogen-bond acceptors (Lipinski definition) is 4.